The van der Waals surface area contributed by atoms with Crippen molar-refractivity contribution < 1.29 is 0 Å². The molecule has 0 saturated heterocycles. The molecule has 1 heterocycles. The standard InChI is InChI=1S/C13H18BrN3S/c14-11-5-4-10(18-11)13(6-1-7-13)8-16-12(15)17-9-2-3-9/h4-5,9H,1-3,6-8H2,(H3,15,16,17). The van der Waals surface area contributed by atoms with Gasteiger partial charge in [0.05, 0.1) is 10.3 Å². The van der Waals surface area contributed by atoms with E-state index in [1.807, 2.05) is 11.3 Å². The summed E-state index contributed by atoms with van der Waals surface area (Å²) in [6.45, 7) is 0.825. The molecule has 0 aliphatic heterocycles. The van der Waals surface area contributed by atoms with Gasteiger partial charge in [-0.1, -0.05) is 6.42 Å². The third kappa shape index (κ3) is 2.57. The second kappa shape index (κ2) is 4.85. The minimum atomic E-state index is 0.256. The molecular formula is C13H18BrN3S. The van der Waals surface area contributed by atoms with Crippen molar-refractivity contribution in [2.24, 2.45) is 10.7 Å². The molecule has 2 saturated carbocycles. The van der Waals surface area contributed by atoms with Crippen LogP contribution < -0.4 is 11.1 Å². The van der Waals surface area contributed by atoms with Gasteiger partial charge in [-0.15, -0.1) is 11.3 Å². The van der Waals surface area contributed by atoms with E-state index in [1.54, 1.807) is 0 Å². The fraction of sp³-hybridized carbons (Fsp3) is 0.615. The topological polar surface area (TPSA) is 50.4 Å². The quantitative estimate of drug-likeness (QED) is 0.659. The van der Waals surface area contributed by atoms with Gasteiger partial charge in [0.25, 0.3) is 0 Å². The summed E-state index contributed by atoms with van der Waals surface area (Å²) in [6, 6.07) is 4.95. The van der Waals surface area contributed by atoms with Crippen LogP contribution in [0.2, 0.25) is 0 Å². The van der Waals surface area contributed by atoms with Crippen molar-refractivity contribution in [3.05, 3.63) is 20.8 Å². The molecule has 5 heteroatoms. The first-order chi connectivity index (χ1) is 8.68. The molecule has 3 N–H and O–H groups in total. The van der Waals surface area contributed by atoms with Crippen molar-refractivity contribution in [2.45, 2.75) is 43.6 Å². The zero-order chi connectivity index (χ0) is 12.6. The van der Waals surface area contributed by atoms with Crippen molar-refractivity contribution in [2.75, 3.05) is 6.54 Å². The van der Waals surface area contributed by atoms with Gasteiger partial charge in [0.15, 0.2) is 5.96 Å². The number of hydrogen-bond donors (Lipinski definition) is 2. The lowest BCUT2D eigenvalue weighted by molar-refractivity contribution is 0.259. The van der Waals surface area contributed by atoms with Gasteiger partial charge < -0.3 is 11.1 Å². The van der Waals surface area contributed by atoms with Gasteiger partial charge in [-0.25, -0.2) is 0 Å². The number of nitrogens with one attached hydrogen (secondary N) is 1. The Bertz CT molecular complexity index is 461. The Balaban J connectivity index is 1.68. The zero-order valence-electron chi connectivity index (χ0n) is 10.3. The molecule has 2 fully saturated rings. The molecule has 2 aliphatic rings. The number of halogens is 1. The summed E-state index contributed by atoms with van der Waals surface area (Å²) in [7, 11) is 0. The fourth-order valence-electron chi connectivity index (χ4n) is 2.40. The number of nitrogens with zero attached hydrogens (tertiary/aromatic N) is 1. The largest absolute Gasteiger partial charge is 0.370 e. The highest BCUT2D eigenvalue weighted by Crippen LogP contribution is 2.47. The maximum absolute atomic E-state index is 5.92. The average Bonchev–Trinajstić information content (AvgIpc) is 2.98. The van der Waals surface area contributed by atoms with Gasteiger partial charge in [-0.05, 0) is 53.7 Å². The first-order valence-electron chi connectivity index (χ1n) is 6.50. The van der Waals surface area contributed by atoms with E-state index >= 15 is 0 Å². The van der Waals surface area contributed by atoms with E-state index in [9.17, 15) is 0 Å². The number of nitrogens with two attached hydrogens (primary N) is 1. The van der Waals surface area contributed by atoms with E-state index < -0.39 is 0 Å². The molecule has 1 aromatic heterocycles. The summed E-state index contributed by atoms with van der Waals surface area (Å²) in [6.07, 6.45) is 6.25. The van der Waals surface area contributed by atoms with E-state index in [0.29, 0.717) is 12.0 Å². The van der Waals surface area contributed by atoms with Gasteiger partial charge in [-0.3, -0.25) is 4.99 Å². The molecular weight excluding hydrogens is 310 g/mol. The van der Waals surface area contributed by atoms with Crippen molar-refractivity contribution in [1.82, 2.24) is 5.32 Å². The Kier molecular flexibility index (Phi) is 3.36. The number of rotatable bonds is 4. The average molecular weight is 328 g/mol. The third-order valence-electron chi connectivity index (χ3n) is 3.89. The van der Waals surface area contributed by atoms with Crippen LogP contribution in [0.1, 0.15) is 37.0 Å². The molecule has 0 radical (unpaired) electrons. The SMILES string of the molecule is NC(=NCC1(c2ccc(Br)s2)CCC1)NC1CC1. The molecule has 0 unspecified atom stereocenters. The van der Waals surface area contributed by atoms with Crippen LogP contribution in [0, 0.1) is 0 Å². The normalized spacial score (nSPS) is 22.6. The van der Waals surface area contributed by atoms with Gasteiger partial charge in [-0.2, -0.15) is 0 Å². The molecule has 98 valence electrons. The Morgan fingerprint density at radius 1 is 1.50 bits per heavy atom. The number of hydrogen-bond acceptors (Lipinski definition) is 2. The van der Waals surface area contributed by atoms with Crippen molar-refractivity contribution in [3.8, 4) is 0 Å². The van der Waals surface area contributed by atoms with Crippen LogP contribution in [0.3, 0.4) is 0 Å². The molecule has 0 spiro atoms. The first kappa shape index (κ1) is 12.5. The molecule has 0 amide bonds. The smallest absolute Gasteiger partial charge is 0.188 e. The van der Waals surface area contributed by atoms with Crippen LogP contribution in [0.4, 0.5) is 0 Å². The minimum Gasteiger partial charge on any atom is -0.370 e. The summed E-state index contributed by atoms with van der Waals surface area (Å²) in [4.78, 5) is 6.01. The fourth-order valence-corrected chi connectivity index (χ4v) is 4.03. The predicted octanol–water partition coefficient (Wildman–Crippen LogP) is 3.00. The van der Waals surface area contributed by atoms with Crippen LogP contribution in [-0.2, 0) is 5.41 Å². The highest BCUT2D eigenvalue weighted by Gasteiger charge is 2.39. The van der Waals surface area contributed by atoms with Crippen molar-refractivity contribution >= 4 is 33.2 Å². The number of thiophene rings is 1. The Morgan fingerprint density at radius 3 is 2.78 bits per heavy atom. The molecule has 3 rings (SSSR count). The molecule has 0 aromatic carbocycles. The Labute approximate surface area is 120 Å². The van der Waals surface area contributed by atoms with E-state index in [4.69, 9.17) is 5.73 Å². The summed E-state index contributed by atoms with van der Waals surface area (Å²) in [5.74, 6) is 0.624. The van der Waals surface area contributed by atoms with E-state index in [1.165, 1.54) is 40.8 Å². The summed E-state index contributed by atoms with van der Waals surface area (Å²) >= 11 is 5.38. The summed E-state index contributed by atoms with van der Waals surface area (Å²) < 4.78 is 1.21. The molecule has 3 nitrogen and oxygen atoms in total. The van der Waals surface area contributed by atoms with Crippen LogP contribution in [-0.4, -0.2) is 18.5 Å². The number of guanidine groups is 1. The molecule has 0 bridgehead atoms. The maximum atomic E-state index is 5.92. The lowest BCUT2D eigenvalue weighted by Crippen LogP contribution is -2.39. The van der Waals surface area contributed by atoms with Crippen LogP contribution in [0.5, 0.6) is 0 Å². The van der Waals surface area contributed by atoms with E-state index in [0.717, 1.165) is 6.54 Å². The minimum absolute atomic E-state index is 0.256. The maximum Gasteiger partial charge on any atom is 0.188 e. The summed E-state index contributed by atoms with van der Waals surface area (Å²) in [5.41, 5.74) is 6.17. The Morgan fingerprint density at radius 2 is 2.28 bits per heavy atom. The first-order valence-corrected chi connectivity index (χ1v) is 8.11. The predicted molar refractivity (Wildman–Crippen MR) is 80.2 cm³/mol. The monoisotopic (exact) mass is 327 g/mol. The van der Waals surface area contributed by atoms with Crippen molar-refractivity contribution in [1.29, 1.82) is 0 Å². The lowest BCUT2D eigenvalue weighted by Gasteiger charge is -2.40. The molecule has 1 aromatic rings. The van der Waals surface area contributed by atoms with Gasteiger partial charge >= 0.3 is 0 Å². The molecule has 2 aliphatic carbocycles. The second-order valence-corrected chi connectivity index (χ2v) is 7.82. The second-order valence-electron chi connectivity index (χ2n) is 5.36. The summed E-state index contributed by atoms with van der Waals surface area (Å²) in [5, 5.41) is 3.25. The third-order valence-corrected chi connectivity index (χ3v) is 5.76. The number of aliphatic imine (C=N–C) groups is 1. The lowest BCUT2D eigenvalue weighted by atomic mass is 9.68. The van der Waals surface area contributed by atoms with Crippen LogP contribution >= 0.6 is 27.3 Å². The van der Waals surface area contributed by atoms with Gasteiger partial charge in [0.1, 0.15) is 0 Å². The highest BCUT2D eigenvalue weighted by atomic mass is 79.9. The Hall–Kier alpha value is -0.550. The van der Waals surface area contributed by atoms with E-state index in [2.05, 4.69) is 38.4 Å². The van der Waals surface area contributed by atoms with Gasteiger partial charge in [0, 0.05) is 16.3 Å². The zero-order valence-corrected chi connectivity index (χ0v) is 12.7. The van der Waals surface area contributed by atoms with Crippen molar-refractivity contribution in [3.63, 3.8) is 0 Å². The van der Waals surface area contributed by atoms with Gasteiger partial charge in [0.2, 0.25) is 0 Å². The highest BCUT2D eigenvalue weighted by molar-refractivity contribution is 9.11. The molecule has 0 atom stereocenters. The van der Waals surface area contributed by atoms with Crippen LogP contribution in [0.25, 0.3) is 0 Å². The van der Waals surface area contributed by atoms with Crippen LogP contribution in [0.15, 0.2) is 20.9 Å². The van der Waals surface area contributed by atoms with E-state index in [-0.39, 0.29) is 5.41 Å². The molecule has 18 heavy (non-hydrogen) atoms.